The second-order valence-corrected chi connectivity index (χ2v) is 9.99. The van der Waals surface area contributed by atoms with Crippen molar-refractivity contribution < 1.29 is 204 Å². The zero-order valence-corrected chi connectivity index (χ0v) is 28.6. The van der Waals surface area contributed by atoms with E-state index in [1.807, 2.05) is 0 Å². The summed E-state index contributed by atoms with van der Waals surface area (Å²) in [5.41, 5.74) is 0. The Kier molecular flexibility index (Phi) is 22.3. The SMILES string of the molecule is O=P(O)(O)O[C@@H]1C(O)[C@@H](OP(=O)(O)O)[C@@H](OP(=O)(O)O)C(O)[C@H]1OP(=O)(O)O.[Na+].[Na+].[Na+].[Na+]. The predicted octanol–water partition coefficient (Wildman–Crippen LogP) is -15.4. The molecule has 0 aliphatic heterocycles. The van der Waals surface area contributed by atoms with Gasteiger partial charge in [-0.3, -0.25) is 18.1 Å². The molecule has 6 atom stereocenters. The summed E-state index contributed by atoms with van der Waals surface area (Å²) >= 11 is 0. The first kappa shape index (κ1) is 43.4. The summed E-state index contributed by atoms with van der Waals surface area (Å²) < 4.78 is 60.4. The fraction of sp³-hybridized carbons (Fsp3) is 1.00. The third-order valence-corrected chi connectivity index (χ3v) is 5.10. The Bertz CT molecular complexity index is 622. The zero-order valence-electron chi connectivity index (χ0n) is 17.0. The van der Waals surface area contributed by atoms with Gasteiger partial charge < -0.3 is 49.4 Å². The molecule has 0 aromatic carbocycles. The first-order chi connectivity index (χ1) is 12.2. The molecule has 1 rings (SSSR count). The molecule has 0 bridgehead atoms. The van der Waals surface area contributed by atoms with Gasteiger partial charge in [0.1, 0.15) is 36.6 Å². The van der Waals surface area contributed by atoms with Crippen LogP contribution >= 0.6 is 31.3 Å². The molecule has 18 nitrogen and oxygen atoms in total. The molecule has 1 fully saturated rings. The topological polar surface area (TPSA) is 308 Å². The molecule has 2 unspecified atom stereocenters. The van der Waals surface area contributed by atoms with E-state index in [0.717, 1.165) is 0 Å². The van der Waals surface area contributed by atoms with Crippen LogP contribution in [-0.2, 0) is 36.4 Å². The summed E-state index contributed by atoms with van der Waals surface area (Å²) in [6.45, 7) is 0. The third-order valence-electron chi connectivity index (χ3n) is 3.03. The largest absolute Gasteiger partial charge is 1.00 e. The van der Waals surface area contributed by atoms with Crippen molar-refractivity contribution in [3.8, 4) is 0 Å². The van der Waals surface area contributed by atoms with Gasteiger partial charge in [0.25, 0.3) is 0 Å². The fourth-order valence-corrected chi connectivity index (χ4v) is 4.52. The minimum Gasteiger partial charge on any atom is -0.387 e. The molecule has 32 heavy (non-hydrogen) atoms. The van der Waals surface area contributed by atoms with E-state index in [9.17, 15) is 28.5 Å². The summed E-state index contributed by atoms with van der Waals surface area (Å²) in [6.07, 6.45) is -15.9. The monoisotopic (exact) mass is 592 g/mol. The van der Waals surface area contributed by atoms with Gasteiger partial charge in [0.2, 0.25) is 0 Å². The Morgan fingerprint density at radius 1 is 0.406 bits per heavy atom. The number of hydrogen-bond donors (Lipinski definition) is 10. The smallest absolute Gasteiger partial charge is 0.387 e. The van der Waals surface area contributed by atoms with Gasteiger partial charge in [0.15, 0.2) is 0 Å². The maximum atomic E-state index is 11.0. The van der Waals surface area contributed by atoms with Crippen molar-refractivity contribution in [2.75, 3.05) is 0 Å². The van der Waals surface area contributed by atoms with Crippen LogP contribution in [0.1, 0.15) is 0 Å². The number of hydrogen-bond acceptors (Lipinski definition) is 10. The molecule has 0 aromatic rings. The van der Waals surface area contributed by atoms with Gasteiger partial charge >= 0.3 is 150 Å². The Balaban J connectivity index is -0.000000980. The molecule has 0 amide bonds. The van der Waals surface area contributed by atoms with E-state index >= 15 is 0 Å². The third kappa shape index (κ3) is 16.4. The number of phosphoric ester groups is 4. The van der Waals surface area contributed by atoms with Crippen LogP contribution in [0.5, 0.6) is 0 Å². The summed E-state index contributed by atoms with van der Waals surface area (Å²) in [4.78, 5) is 70.9. The molecule has 1 saturated carbocycles. The summed E-state index contributed by atoms with van der Waals surface area (Å²) in [5, 5.41) is 20.2. The number of aliphatic hydroxyl groups is 2. The van der Waals surface area contributed by atoms with E-state index in [-0.39, 0.29) is 118 Å². The molecule has 0 saturated heterocycles. The molecule has 10 N–H and O–H groups in total. The minimum atomic E-state index is -5.59. The van der Waals surface area contributed by atoms with Crippen molar-refractivity contribution in [2.45, 2.75) is 36.6 Å². The quantitative estimate of drug-likeness (QED) is 0.0924. The average Bonchev–Trinajstić information content (AvgIpc) is 2.39. The Morgan fingerprint density at radius 3 is 0.625 bits per heavy atom. The first-order valence-electron chi connectivity index (χ1n) is 6.52. The van der Waals surface area contributed by atoms with Gasteiger partial charge in [-0.15, -0.1) is 0 Å². The Hall–Kier alpha value is 4.36. The second kappa shape index (κ2) is 16.5. The molecule has 0 spiro atoms. The molecule has 0 heterocycles. The van der Waals surface area contributed by atoms with E-state index in [0.29, 0.717) is 0 Å². The molecule has 0 aromatic heterocycles. The molecular weight excluding hydrogens is 576 g/mol. The maximum absolute atomic E-state index is 11.0. The molecule has 1 aliphatic carbocycles. The maximum Gasteiger partial charge on any atom is 1.00 e. The Morgan fingerprint density at radius 2 is 0.531 bits per heavy atom. The summed E-state index contributed by atoms with van der Waals surface area (Å²) in [5.74, 6) is 0. The van der Waals surface area contributed by atoms with Crippen LogP contribution in [0.4, 0.5) is 0 Å². The van der Waals surface area contributed by atoms with E-state index < -0.39 is 67.9 Å². The van der Waals surface area contributed by atoms with Gasteiger partial charge in [-0.25, -0.2) is 18.3 Å². The molecule has 1 aliphatic rings. The molecule has 168 valence electrons. The predicted molar refractivity (Wildman–Crippen MR) is 79.7 cm³/mol. The molecule has 0 radical (unpaired) electrons. The van der Waals surface area contributed by atoms with Crippen molar-refractivity contribution in [2.24, 2.45) is 0 Å². The van der Waals surface area contributed by atoms with Gasteiger partial charge in [-0.1, -0.05) is 0 Å². The van der Waals surface area contributed by atoms with Crippen molar-refractivity contribution in [1.29, 1.82) is 0 Å². The van der Waals surface area contributed by atoms with Gasteiger partial charge in [-0.2, -0.15) is 0 Å². The van der Waals surface area contributed by atoms with E-state index in [2.05, 4.69) is 18.1 Å². The first-order valence-corrected chi connectivity index (χ1v) is 12.6. The van der Waals surface area contributed by atoms with Crippen molar-refractivity contribution >= 4 is 31.3 Å². The number of phosphoric acid groups is 4. The molecular formula is C6H16Na4O18P4+4. The normalized spacial score (nSPS) is 28.9. The Labute approximate surface area is 268 Å². The van der Waals surface area contributed by atoms with Crippen molar-refractivity contribution in [3.63, 3.8) is 0 Å². The van der Waals surface area contributed by atoms with Gasteiger partial charge in [0, 0.05) is 0 Å². The van der Waals surface area contributed by atoms with Crippen LogP contribution in [0.2, 0.25) is 0 Å². The van der Waals surface area contributed by atoms with Crippen molar-refractivity contribution in [3.05, 3.63) is 0 Å². The average molecular weight is 592 g/mol. The summed E-state index contributed by atoms with van der Waals surface area (Å²) in [7, 11) is -22.3. The van der Waals surface area contributed by atoms with Crippen LogP contribution in [0.25, 0.3) is 0 Å². The molecule has 26 heteroatoms. The van der Waals surface area contributed by atoms with E-state index in [1.54, 1.807) is 0 Å². The van der Waals surface area contributed by atoms with Crippen LogP contribution in [0.15, 0.2) is 0 Å². The van der Waals surface area contributed by atoms with E-state index in [1.165, 1.54) is 0 Å². The van der Waals surface area contributed by atoms with Crippen molar-refractivity contribution in [1.82, 2.24) is 0 Å². The second-order valence-electron chi connectivity index (χ2n) is 5.22. The minimum absolute atomic E-state index is 0. The standard InChI is InChI=1S/C6H16O18P4.4Na/c7-1-3(21-25(9,10)11)5(23-27(15,16)17)2(8)6(24-28(18,19)20)4(1)22-26(12,13)14;;;;/h1-8H,(H2,9,10,11)(H2,12,13,14)(H2,15,16,17)(H2,18,19,20);;;;/q;4*+1/t1?,2?,3-,4-,5-,6+;;;;/m1..../s1. The van der Waals surface area contributed by atoms with Gasteiger partial charge in [-0.05, 0) is 0 Å². The zero-order chi connectivity index (χ0) is 22.3. The van der Waals surface area contributed by atoms with Crippen LogP contribution in [-0.4, -0.2) is 86.0 Å². The van der Waals surface area contributed by atoms with Crippen LogP contribution in [0, 0.1) is 0 Å². The van der Waals surface area contributed by atoms with E-state index in [4.69, 9.17) is 39.1 Å². The summed E-state index contributed by atoms with van der Waals surface area (Å²) in [6, 6.07) is 0. The van der Waals surface area contributed by atoms with Crippen LogP contribution in [0.3, 0.4) is 0 Å². The van der Waals surface area contributed by atoms with Gasteiger partial charge in [0.05, 0.1) is 0 Å². The fourth-order valence-electron chi connectivity index (χ4n) is 2.27. The van der Waals surface area contributed by atoms with Crippen LogP contribution < -0.4 is 118 Å². The number of aliphatic hydroxyl groups excluding tert-OH is 2. The number of rotatable bonds is 8.